The molecule has 0 unspecified atom stereocenters. The Hall–Kier alpha value is -2.30. The van der Waals surface area contributed by atoms with Crippen LogP contribution in [0.15, 0.2) is 47.0 Å². The molecule has 0 saturated carbocycles. The molecular weight excluding hydrogens is 292 g/mol. The number of nitrogens with zero attached hydrogens (tertiary/aromatic N) is 2. The summed E-state index contributed by atoms with van der Waals surface area (Å²) in [7, 11) is 0. The lowest BCUT2D eigenvalue weighted by Crippen LogP contribution is -2.27. The Balaban J connectivity index is 1.93. The van der Waals surface area contributed by atoms with E-state index in [1.165, 1.54) is 10.5 Å². The number of likely N-dealkylation sites (N-methyl/N-ethyl adjacent to an activating group) is 1. The average molecular weight is 314 g/mol. The summed E-state index contributed by atoms with van der Waals surface area (Å²) in [5.74, 6) is 0.152. The number of hydrogen-bond donors (Lipinski definition) is 0. The molecule has 0 atom stereocenters. The molecule has 3 rings (SSSR count). The summed E-state index contributed by atoms with van der Waals surface area (Å²) >= 11 is 0. The molecule has 3 aliphatic rings. The molecule has 0 radical (unpaired) electrons. The minimum atomic E-state index is -0.392. The zero-order valence-corrected chi connectivity index (χ0v) is 13.7. The smallest absolute Gasteiger partial charge is 0.417 e. The van der Waals surface area contributed by atoms with E-state index in [4.69, 9.17) is 4.74 Å². The van der Waals surface area contributed by atoms with Crippen molar-refractivity contribution < 1.29 is 14.3 Å². The first-order chi connectivity index (χ1) is 11.2. The Labute approximate surface area is 136 Å². The van der Waals surface area contributed by atoms with Crippen molar-refractivity contribution in [1.82, 2.24) is 9.80 Å². The molecule has 2 aliphatic heterocycles. The van der Waals surface area contributed by atoms with Crippen molar-refractivity contribution in [3.8, 4) is 0 Å². The SMILES string of the molecule is CCOC(=O)N1C=CC(=C2C3=C(CCCC3)C(=O)N2CC)C=C1. The van der Waals surface area contributed by atoms with E-state index in [2.05, 4.69) is 0 Å². The summed E-state index contributed by atoms with van der Waals surface area (Å²) in [5, 5.41) is 0. The lowest BCUT2D eigenvalue weighted by Gasteiger charge is -2.23. The highest BCUT2D eigenvalue weighted by molar-refractivity contribution is 6.01. The first-order valence-corrected chi connectivity index (χ1v) is 8.27. The fourth-order valence-electron chi connectivity index (χ4n) is 3.37. The molecule has 0 fully saturated rings. The lowest BCUT2D eigenvalue weighted by molar-refractivity contribution is -0.124. The maximum Gasteiger partial charge on any atom is 0.417 e. The zero-order valence-electron chi connectivity index (χ0n) is 13.7. The van der Waals surface area contributed by atoms with Crippen LogP contribution in [0.4, 0.5) is 4.79 Å². The molecule has 0 aromatic heterocycles. The largest absolute Gasteiger partial charge is 0.449 e. The van der Waals surface area contributed by atoms with Gasteiger partial charge in [-0.2, -0.15) is 0 Å². The van der Waals surface area contributed by atoms with Crippen LogP contribution in [-0.4, -0.2) is 35.0 Å². The molecule has 0 bridgehead atoms. The van der Waals surface area contributed by atoms with Gasteiger partial charge in [0.15, 0.2) is 0 Å². The highest BCUT2D eigenvalue weighted by Crippen LogP contribution is 2.40. The van der Waals surface area contributed by atoms with E-state index >= 15 is 0 Å². The van der Waals surface area contributed by atoms with Crippen molar-refractivity contribution in [2.75, 3.05) is 13.2 Å². The fraction of sp³-hybridized carbons (Fsp3) is 0.444. The maximum atomic E-state index is 12.6. The Morgan fingerprint density at radius 2 is 1.78 bits per heavy atom. The van der Waals surface area contributed by atoms with Gasteiger partial charge >= 0.3 is 6.09 Å². The van der Waals surface area contributed by atoms with Crippen molar-refractivity contribution in [3.05, 3.63) is 47.0 Å². The van der Waals surface area contributed by atoms with Crippen molar-refractivity contribution in [2.24, 2.45) is 0 Å². The van der Waals surface area contributed by atoms with Gasteiger partial charge in [-0.25, -0.2) is 4.79 Å². The van der Waals surface area contributed by atoms with Gasteiger partial charge in [0.1, 0.15) is 0 Å². The molecule has 5 heteroatoms. The average Bonchev–Trinajstić information content (AvgIpc) is 2.88. The summed E-state index contributed by atoms with van der Waals surface area (Å²) in [4.78, 5) is 27.6. The van der Waals surface area contributed by atoms with Gasteiger partial charge < -0.3 is 9.64 Å². The van der Waals surface area contributed by atoms with Gasteiger partial charge in [0, 0.05) is 30.1 Å². The fourth-order valence-corrected chi connectivity index (χ4v) is 3.37. The molecule has 0 aromatic rings. The lowest BCUT2D eigenvalue weighted by atomic mass is 9.91. The molecular formula is C18H22N2O3. The van der Waals surface area contributed by atoms with Gasteiger partial charge in [0.25, 0.3) is 5.91 Å². The quantitative estimate of drug-likeness (QED) is 0.784. The minimum Gasteiger partial charge on any atom is -0.449 e. The number of hydrogen-bond acceptors (Lipinski definition) is 3. The van der Waals surface area contributed by atoms with Crippen molar-refractivity contribution in [3.63, 3.8) is 0 Å². The standard InChI is InChI=1S/C18H22N2O3/c1-3-20-16(14-7-5-6-8-15(14)17(20)21)13-9-11-19(12-10-13)18(22)23-4-2/h9-12H,3-8H2,1-2H3. The predicted octanol–water partition coefficient (Wildman–Crippen LogP) is 3.47. The number of carbonyl (C=O) groups is 2. The minimum absolute atomic E-state index is 0.152. The monoisotopic (exact) mass is 314 g/mol. The number of amides is 2. The normalized spacial score (nSPS) is 20.5. The molecule has 2 amide bonds. The number of rotatable bonds is 2. The van der Waals surface area contributed by atoms with Crippen molar-refractivity contribution >= 4 is 12.0 Å². The summed E-state index contributed by atoms with van der Waals surface area (Å²) in [6.07, 6.45) is 10.8. The van der Waals surface area contributed by atoms with E-state index in [1.807, 2.05) is 24.0 Å². The summed E-state index contributed by atoms with van der Waals surface area (Å²) in [6, 6.07) is 0. The van der Waals surface area contributed by atoms with Crippen LogP contribution in [0.2, 0.25) is 0 Å². The Morgan fingerprint density at radius 3 is 2.39 bits per heavy atom. The van der Waals surface area contributed by atoms with Gasteiger partial charge in [0.05, 0.1) is 12.3 Å². The molecule has 23 heavy (non-hydrogen) atoms. The second-order valence-corrected chi connectivity index (χ2v) is 5.76. The summed E-state index contributed by atoms with van der Waals surface area (Å²) in [5.41, 5.74) is 4.17. The number of allylic oxidation sites excluding steroid dienone is 4. The summed E-state index contributed by atoms with van der Waals surface area (Å²) < 4.78 is 4.98. The number of ether oxygens (including phenoxy) is 1. The van der Waals surface area contributed by atoms with E-state index < -0.39 is 6.09 Å². The topological polar surface area (TPSA) is 49.9 Å². The molecule has 0 N–H and O–H groups in total. The molecule has 122 valence electrons. The van der Waals surface area contributed by atoms with Crippen LogP contribution in [0.3, 0.4) is 0 Å². The second kappa shape index (κ2) is 6.44. The van der Waals surface area contributed by atoms with Crippen LogP contribution >= 0.6 is 0 Å². The Morgan fingerprint density at radius 1 is 1.13 bits per heavy atom. The molecule has 5 nitrogen and oxygen atoms in total. The van der Waals surface area contributed by atoms with Crippen LogP contribution in [-0.2, 0) is 9.53 Å². The third-order valence-electron chi connectivity index (χ3n) is 4.42. The third-order valence-corrected chi connectivity index (χ3v) is 4.42. The summed E-state index contributed by atoms with van der Waals surface area (Å²) in [6.45, 7) is 4.79. The first kappa shape index (κ1) is 15.6. The van der Waals surface area contributed by atoms with Gasteiger partial charge in [0.2, 0.25) is 0 Å². The maximum absolute atomic E-state index is 12.6. The van der Waals surface area contributed by atoms with Crippen LogP contribution in [0.5, 0.6) is 0 Å². The van der Waals surface area contributed by atoms with Gasteiger partial charge in [-0.1, -0.05) is 0 Å². The molecule has 0 saturated heterocycles. The van der Waals surface area contributed by atoms with E-state index in [9.17, 15) is 9.59 Å². The Bertz CT molecular complexity index is 639. The zero-order chi connectivity index (χ0) is 16.4. The van der Waals surface area contributed by atoms with E-state index in [0.717, 1.165) is 42.5 Å². The first-order valence-electron chi connectivity index (χ1n) is 8.27. The van der Waals surface area contributed by atoms with Crippen LogP contribution in [0.1, 0.15) is 39.5 Å². The molecule has 1 aliphatic carbocycles. The van der Waals surface area contributed by atoms with Crippen molar-refractivity contribution in [2.45, 2.75) is 39.5 Å². The number of carbonyl (C=O) groups excluding carboxylic acids is 2. The highest BCUT2D eigenvalue weighted by atomic mass is 16.5. The van der Waals surface area contributed by atoms with Crippen LogP contribution in [0, 0.1) is 0 Å². The highest BCUT2D eigenvalue weighted by Gasteiger charge is 2.36. The third kappa shape index (κ3) is 2.71. The van der Waals surface area contributed by atoms with Crippen LogP contribution < -0.4 is 0 Å². The Kier molecular flexibility index (Phi) is 4.37. The predicted molar refractivity (Wildman–Crippen MR) is 87.0 cm³/mol. The van der Waals surface area contributed by atoms with E-state index in [1.54, 1.807) is 19.3 Å². The second-order valence-electron chi connectivity index (χ2n) is 5.76. The van der Waals surface area contributed by atoms with E-state index in [-0.39, 0.29) is 5.91 Å². The van der Waals surface area contributed by atoms with Gasteiger partial charge in [-0.15, -0.1) is 0 Å². The van der Waals surface area contributed by atoms with Gasteiger partial charge in [-0.05, 0) is 57.3 Å². The van der Waals surface area contributed by atoms with Gasteiger partial charge in [-0.3, -0.25) is 9.69 Å². The molecule has 0 aromatic carbocycles. The molecule has 2 heterocycles. The van der Waals surface area contributed by atoms with Crippen LogP contribution in [0.25, 0.3) is 0 Å². The van der Waals surface area contributed by atoms with Crippen molar-refractivity contribution in [1.29, 1.82) is 0 Å². The van der Waals surface area contributed by atoms with E-state index in [0.29, 0.717) is 13.2 Å². The molecule has 0 spiro atoms.